The Labute approximate surface area is 291 Å². The van der Waals surface area contributed by atoms with E-state index in [1.807, 2.05) is 12.3 Å². The smallest absolute Gasteiger partial charge is 0.0708 e. The number of hydrogen-bond donors (Lipinski definition) is 0. The van der Waals surface area contributed by atoms with Crippen molar-refractivity contribution < 1.29 is 0 Å². The van der Waals surface area contributed by atoms with Gasteiger partial charge in [0.2, 0.25) is 0 Å². The molecule has 0 saturated carbocycles. The van der Waals surface area contributed by atoms with Crippen molar-refractivity contribution in [3.8, 4) is 78.0 Å². The molecule has 1 aromatic heterocycles. The van der Waals surface area contributed by atoms with E-state index in [1.165, 1.54) is 82.7 Å². The Bertz CT molecular complexity index is 2620. The summed E-state index contributed by atoms with van der Waals surface area (Å²) in [5.74, 6) is 0. The van der Waals surface area contributed by atoms with E-state index < -0.39 is 0 Å². The van der Waals surface area contributed by atoms with Gasteiger partial charge >= 0.3 is 0 Å². The third kappa shape index (κ3) is 4.45. The first-order chi connectivity index (χ1) is 24.8. The van der Waals surface area contributed by atoms with Gasteiger partial charge in [-0.2, -0.15) is 0 Å². The number of rotatable bonds is 5. The third-order valence-electron chi connectivity index (χ3n) is 10.3. The highest BCUT2D eigenvalue weighted by Crippen LogP contribution is 2.58. The molecule has 0 atom stereocenters. The van der Waals surface area contributed by atoms with Gasteiger partial charge in [-0.15, -0.1) is 0 Å². The molecule has 1 aliphatic rings. The van der Waals surface area contributed by atoms with E-state index in [-0.39, 0.29) is 0 Å². The minimum absolute atomic E-state index is 0.983. The first-order valence-corrected chi connectivity index (χ1v) is 17.2. The van der Waals surface area contributed by atoms with E-state index in [9.17, 15) is 0 Å². The summed E-state index contributed by atoms with van der Waals surface area (Å²) in [6.45, 7) is 0. The summed E-state index contributed by atoms with van der Waals surface area (Å²) >= 11 is 0. The summed E-state index contributed by atoms with van der Waals surface area (Å²) in [6.07, 6.45) is 1.91. The van der Waals surface area contributed by atoms with Crippen molar-refractivity contribution in [1.29, 1.82) is 0 Å². The SMILES string of the molecule is c1ccc(-c2cc(-c3ccc(-c4ccc5c6c(cccc46)-c4c-5c(-c5ccccc5)c5ccccc5c4-c4ccccc4)cc3)ccn2)cc1. The predicted octanol–water partition coefficient (Wildman–Crippen LogP) is 13.4. The molecule has 1 heterocycles. The molecule has 0 unspecified atom stereocenters. The number of fused-ring (bicyclic) bond motifs is 4. The van der Waals surface area contributed by atoms with Gasteiger partial charge in [-0.25, -0.2) is 0 Å². The van der Waals surface area contributed by atoms with Crippen molar-refractivity contribution >= 4 is 21.5 Å². The molecular formula is C49H31N. The van der Waals surface area contributed by atoms with Crippen LogP contribution in [-0.2, 0) is 0 Å². The maximum atomic E-state index is 4.64. The van der Waals surface area contributed by atoms with Crippen LogP contribution in [0.1, 0.15) is 0 Å². The zero-order valence-corrected chi connectivity index (χ0v) is 27.3. The Morgan fingerprint density at radius 3 is 1.40 bits per heavy atom. The first-order valence-electron chi connectivity index (χ1n) is 17.2. The fraction of sp³-hybridized carbons (Fsp3) is 0. The molecule has 0 aliphatic heterocycles. The highest BCUT2D eigenvalue weighted by Gasteiger charge is 2.31. The Hall–Kier alpha value is -6.57. The molecule has 0 fully saturated rings. The van der Waals surface area contributed by atoms with E-state index in [0.717, 1.165) is 16.8 Å². The van der Waals surface area contributed by atoms with E-state index in [0.29, 0.717) is 0 Å². The van der Waals surface area contributed by atoms with Crippen LogP contribution in [0.3, 0.4) is 0 Å². The predicted molar refractivity (Wildman–Crippen MR) is 211 cm³/mol. The normalized spacial score (nSPS) is 11.6. The molecule has 10 rings (SSSR count). The van der Waals surface area contributed by atoms with Gasteiger partial charge in [0.05, 0.1) is 5.69 Å². The lowest BCUT2D eigenvalue weighted by atomic mass is 9.82. The fourth-order valence-electron chi connectivity index (χ4n) is 8.08. The molecule has 8 aromatic carbocycles. The molecule has 1 heteroatoms. The molecule has 232 valence electrons. The van der Waals surface area contributed by atoms with Gasteiger partial charge in [0.1, 0.15) is 0 Å². The lowest BCUT2D eigenvalue weighted by Gasteiger charge is -2.20. The minimum atomic E-state index is 0.983. The second-order valence-corrected chi connectivity index (χ2v) is 13.0. The van der Waals surface area contributed by atoms with E-state index in [2.05, 4.69) is 181 Å². The van der Waals surface area contributed by atoms with Gasteiger partial charge in [0, 0.05) is 11.8 Å². The third-order valence-corrected chi connectivity index (χ3v) is 10.3. The van der Waals surface area contributed by atoms with Crippen LogP contribution in [0.4, 0.5) is 0 Å². The van der Waals surface area contributed by atoms with Crippen LogP contribution in [-0.4, -0.2) is 4.98 Å². The van der Waals surface area contributed by atoms with Gasteiger partial charge in [-0.1, -0.05) is 170 Å². The van der Waals surface area contributed by atoms with Crippen molar-refractivity contribution in [2.24, 2.45) is 0 Å². The molecule has 0 spiro atoms. The molecule has 1 aliphatic carbocycles. The summed E-state index contributed by atoms with van der Waals surface area (Å²) in [5, 5.41) is 5.17. The van der Waals surface area contributed by atoms with Crippen molar-refractivity contribution in [2.75, 3.05) is 0 Å². The van der Waals surface area contributed by atoms with Gasteiger partial charge in [0.15, 0.2) is 0 Å². The Morgan fingerprint density at radius 1 is 0.280 bits per heavy atom. The molecule has 50 heavy (non-hydrogen) atoms. The van der Waals surface area contributed by atoms with E-state index in [4.69, 9.17) is 0 Å². The lowest BCUT2D eigenvalue weighted by Crippen LogP contribution is -1.93. The van der Waals surface area contributed by atoms with Crippen LogP contribution >= 0.6 is 0 Å². The van der Waals surface area contributed by atoms with E-state index in [1.54, 1.807) is 0 Å². The zero-order valence-electron chi connectivity index (χ0n) is 27.3. The fourth-order valence-corrected chi connectivity index (χ4v) is 8.08. The molecule has 0 bridgehead atoms. The highest BCUT2D eigenvalue weighted by atomic mass is 14.7. The van der Waals surface area contributed by atoms with Crippen LogP contribution in [0.2, 0.25) is 0 Å². The average molecular weight is 634 g/mol. The van der Waals surface area contributed by atoms with Crippen molar-refractivity contribution in [3.05, 3.63) is 188 Å². The summed E-state index contributed by atoms with van der Waals surface area (Å²) in [4.78, 5) is 4.64. The Kier molecular flexibility index (Phi) is 6.57. The molecule has 0 saturated heterocycles. The second kappa shape index (κ2) is 11.5. The summed E-state index contributed by atoms with van der Waals surface area (Å²) < 4.78 is 0. The van der Waals surface area contributed by atoms with Gasteiger partial charge in [0.25, 0.3) is 0 Å². The van der Waals surface area contributed by atoms with Gasteiger partial charge in [-0.3, -0.25) is 4.98 Å². The maximum Gasteiger partial charge on any atom is 0.0708 e. The van der Waals surface area contributed by atoms with Crippen molar-refractivity contribution in [3.63, 3.8) is 0 Å². The number of hydrogen-bond acceptors (Lipinski definition) is 1. The Balaban J connectivity index is 1.17. The number of aromatic nitrogens is 1. The quantitative estimate of drug-likeness (QED) is 0.184. The van der Waals surface area contributed by atoms with Crippen molar-refractivity contribution in [1.82, 2.24) is 4.98 Å². The largest absolute Gasteiger partial charge is 0.256 e. The standard InChI is InChI=1S/C49H31N/c1-4-13-34(14-5-1)44-31-37(29-30-50-44)32-23-25-33(26-24-32)38-27-28-43-47-39(38)21-12-22-42(47)48-45(35-15-6-2-7-16-35)40-19-10-11-20-41(40)46(49(43)48)36-17-8-3-9-18-36/h1-31H. The van der Waals surface area contributed by atoms with Crippen LogP contribution in [0.25, 0.3) is 99.6 Å². The molecule has 9 aromatic rings. The topological polar surface area (TPSA) is 12.9 Å². The van der Waals surface area contributed by atoms with Crippen LogP contribution in [0.15, 0.2) is 188 Å². The van der Waals surface area contributed by atoms with E-state index >= 15 is 0 Å². The van der Waals surface area contributed by atoms with Gasteiger partial charge < -0.3 is 0 Å². The molecule has 0 amide bonds. The minimum Gasteiger partial charge on any atom is -0.256 e. The molecule has 0 radical (unpaired) electrons. The van der Waals surface area contributed by atoms with Crippen LogP contribution < -0.4 is 0 Å². The van der Waals surface area contributed by atoms with Crippen LogP contribution in [0, 0.1) is 0 Å². The highest BCUT2D eigenvalue weighted by molar-refractivity contribution is 6.28. The van der Waals surface area contributed by atoms with Gasteiger partial charge in [-0.05, 0) is 100 Å². The number of benzene rings is 8. The molecular weight excluding hydrogens is 603 g/mol. The maximum absolute atomic E-state index is 4.64. The first kappa shape index (κ1) is 28.4. The second-order valence-electron chi connectivity index (χ2n) is 13.0. The van der Waals surface area contributed by atoms with Crippen LogP contribution in [0.5, 0.6) is 0 Å². The lowest BCUT2D eigenvalue weighted by molar-refractivity contribution is 1.33. The Morgan fingerprint density at radius 2 is 0.780 bits per heavy atom. The number of pyridine rings is 1. The summed E-state index contributed by atoms with van der Waals surface area (Å²) in [7, 11) is 0. The average Bonchev–Trinajstić information content (AvgIpc) is 3.53. The summed E-state index contributed by atoms with van der Waals surface area (Å²) in [6, 6.07) is 66.0. The molecule has 0 N–H and O–H groups in total. The zero-order chi connectivity index (χ0) is 33.0. The molecule has 1 nitrogen and oxygen atoms in total. The monoisotopic (exact) mass is 633 g/mol. The van der Waals surface area contributed by atoms with Crippen molar-refractivity contribution in [2.45, 2.75) is 0 Å². The number of nitrogens with zero attached hydrogens (tertiary/aromatic N) is 1. The summed E-state index contributed by atoms with van der Waals surface area (Å²) in [5.41, 5.74) is 17.3.